The average Bonchev–Trinajstić information content (AvgIpc) is 2.21. The first kappa shape index (κ1) is 13.0. The molecule has 0 radical (unpaired) electrons. The van der Waals surface area contributed by atoms with Crippen molar-refractivity contribution in [2.45, 2.75) is 33.3 Å². The van der Waals surface area contributed by atoms with E-state index in [0.29, 0.717) is 6.42 Å². The molecule has 0 bridgehead atoms. The molecular formula is C12H17BrN2O. The van der Waals surface area contributed by atoms with Crippen LogP contribution < -0.4 is 10.5 Å². The van der Waals surface area contributed by atoms with Gasteiger partial charge in [0, 0.05) is 4.47 Å². The SMILES string of the molecule is CCC(Oc1cc(C)c(Br)c(C)c1)C(=N)N. The summed E-state index contributed by atoms with van der Waals surface area (Å²) in [6, 6.07) is 3.89. The molecule has 0 aliphatic heterocycles. The monoisotopic (exact) mass is 284 g/mol. The fourth-order valence-corrected chi connectivity index (χ4v) is 1.73. The fourth-order valence-electron chi connectivity index (χ4n) is 1.51. The predicted molar refractivity (Wildman–Crippen MR) is 70.2 cm³/mol. The summed E-state index contributed by atoms with van der Waals surface area (Å²) >= 11 is 3.50. The van der Waals surface area contributed by atoms with Gasteiger partial charge in [-0.1, -0.05) is 22.9 Å². The molecule has 0 amide bonds. The molecule has 1 atom stereocenters. The van der Waals surface area contributed by atoms with Gasteiger partial charge in [-0.3, -0.25) is 5.41 Å². The van der Waals surface area contributed by atoms with Crippen LogP contribution in [0.15, 0.2) is 16.6 Å². The Morgan fingerprint density at radius 3 is 2.31 bits per heavy atom. The van der Waals surface area contributed by atoms with Gasteiger partial charge in [0.15, 0.2) is 6.10 Å². The van der Waals surface area contributed by atoms with Crippen molar-refractivity contribution in [2.24, 2.45) is 5.73 Å². The Labute approximate surface area is 105 Å². The molecule has 3 nitrogen and oxygen atoms in total. The van der Waals surface area contributed by atoms with Crippen molar-refractivity contribution in [3.05, 3.63) is 27.7 Å². The summed E-state index contributed by atoms with van der Waals surface area (Å²) in [6.07, 6.45) is 0.365. The van der Waals surface area contributed by atoms with E-state index < -0.39 is 0 Å². The van der Waals surface area contributed by atoms with Gasteiger partial charge in [-0.2, -0.15) is 0 Å². The fraction of sp³-hybridized carbons (Fsp3) is 0.417. The minimum atomic E-state index is -0.333. The van der Waals surface area contributed by atoms with Gasteiger partial charge in [-0.25, -0.2) is 0 Å². The van der Waals surface area contributed by atoms with Crippen LogP contribution in [0.25, 0.3) is 0 Å². The second-order valence-corrected chi connectivity index (χ2v) is 4.63. The van der Waals surface area contributed by atoms with E-state index in [0.717, 1.165) is 21.3 Å². The molecule has 1 rings (SSSR count). The number of hydrogen-bond acceptors (Lipinski definition) is 2. The molecule has 16 heavy (non-hydrogen) atoms. The first-order chi connectivity index (χ1) is 7.45. The van der Waals surface area contributed by atoms with Gasteiger partial charge >= 0.3 is 0 Å². The van der Waals surface area contributed by atoms with Crippen LogP contribution >= 0.6 is 15.9 Å². The molecule has 0 aliphatic carbocycles. The summed E-state index contributed by atoms with van der Waals surface area (Å²) in [6.45, 7) is 5.97. The molecule has 0 saturated carbocycles. The van der Waals surface area contributed by atoms with Crippen molar-refractivity contribution < 1.29 is 4.74 Å². The van der Waals surface area contributed by atoms with E-state index in [-0.39, 0.29) is 11.9 Å². The molecule has 88 valence electrons. The molecule has 0 aliphatic rings. The molecule has 1 unspecified atom stereocenters. The molecule has 0 saturated heterocycles. The third-order valence-electron chi connectivity index (χ3n) is 2.41. The highest BCUT2D eigenvalue weighted by Gasteiger charge is 2.12. The third-order valence-corrected chi connectivity index (χ3v) is 3.66. The first-order valence-corrected chi connectivity index (χ1v) is 6.02. The number of hydrogen-bond donors (Lipinski definition) is 2. The minimum absolute atomic E-state index is 0.0701. The normalized spacial score (nSPS) is 12.2. The second kappa shape index (κ2) is 5.34. The van der Waals surface area contributed by atoms with Gasteiger partial charge in [-0.05, 0) is 43.5 Å². The molecule has 0 spiro atoms. The molecule has 1 aromatic carbocycles. The van der Waals surface area contributed by atoms with Crippen molar-refractivity contribution in [3.63, 3.8) is 0 Å². The first-order valence-electron chi connectivity index (χ1n) is 5.23. The van der Waals surface area contributed by atoms with Crippen LogP contribution in [0.4, 0.5) is 0 Å². The maximum Gasteiger partial charge on any atom is 0.155 e. The van der Waals surface area contributed by atoms with Crippen molar-refractivity contribution in [2.75, 3.05) is 0 Å². The Hall–Kier alpha value is -1.03. The van der Waals surface area contributed by atoms with Crippen LogP contribution in [0.2, 0.25) is 0 Å². The summed E-state index contributed by atoms with van der Waals surface area (Å²) in [7, 11) is 0. The van der Waals surface area contributed by atoms with E-state index in [1.807, 2.05) is 32.9 Å². The summed E-state index contributed by atoms with van der Waals surface area (Å²) < 4.78 is 6.76. The van der Waals surface area contributed by atoms with E-state index in [2.05, 4.69) is 15.9 Å². The Bertz CT molecular complexity index is 381. The maximum atomic E-state index is 7.39. The van der Waals surface area contributed by atoms with Gasteiger partial charge < -0.3 is 10.5 Å². The van der Waals surface area contributed by atoms with Crippen LogP contribution in [-0.4, -0.2) is 11.9 Å². The average molecular weight is 285 g/mol. The quantitative estimate of drug-likeness (QED) is 0.659. The Kier molecular flexibility index (Phi) is 4.35. The Balaban J connectivity index is 2.93. The highest BCUT2D eigenvalue weighted by Crippen LogP contribution is 2.27. The molecule has 1 aromatic rings. The minimum Gasteiger partial charge on any atom is -0.483 e. The number of ether oxygens (including phenoxy) is 1. The lowest BCUT2D eigenvalue weighted by atomic mass is 10.1. The highest BCUT2D eigenvalue weighted by atomic mass is 79.9. The van der Waals surface area contributed by atoms with Crippen LogP contribution in [-0.2, 0) is 0 Å². The number of aryl methyl sites for hydroxylation is 2. The van der Waals surface area contributed by atoms with Gasteiger partial charge in [0.05, 0.1) is 0 Å². The maximum absolute atomic E-state index is 7.39. The van der Waals surface area contributed by atoms with Crippen LogP contribution in [0, 0.1) is 19.3 Å². The number of nitrogens with one attached hydrogen (secondary N) is 1. The molecule has 0 heterocycles. The third kappa shape index (κ3) is 2.98. The molecule has 0 fully saturated rings. The van der Waals surface area contributed by atoms with Crippen LogP contribution in [0.3, 0.4) is 0 Å². The largest absolute Gasteiger partial charge is 0.483 e. The van der Waals surface area contributed by atoms with Crippen molar-refractivity contribution >= 4 is 21.8 Å². The summed E-state index contributed by atoms with van der Waals surface area (Å²) in [5, 5.41) is 7.39. The van der Waals surface area contributed by atoms with E-state index in [1.165, 1.54) is 0 Å². The predicted octanol–water partition coefficient (Wildman–Crippen LogP) is 3.16. The molecular weight excluding hydrogens is 268 g/mol. The summed E-state index contributed by atoms with van der Waals surface area (Å²) in [4.78, 5) is 0. The lowest BCUT2D eigenvalue weighted by Crippen LogP contribution is -2.32. The van der Waals surface area contributed by atoms with E-state index >= 15 is 0 Å². The van der Waals surface area contributed by atoms with Crippen LogP contribution in [0.5, 0.6) is 5.75 Å². The molecule has 3 N–H and O–H groups in total. The zero-order chi connectivity index (χ0) is 12.3. The number of halogens is 1. The number of amidine groups is 1. The van der Waals surface area contributed by atoms with E-state index in [4.69, 9.17) is 15.9 Å². The smallest absolute Gasteiger partial charge is 0.155 e. The summed E-state index contributed by atoms with van der Waals surface area (Å²) in [5.41, 5.74) is 7.69. The zero-order valence-electron chi connectivity index (χ0n) is 9.80. The zero-order valence-corrected chi connectivity index (χ0v) is 11.4. The number of nitrogens with two attached hydrogens (primary N) is 1. The number of benzene rings is 1. The van der Waals surface area contributed by atoms with Crippen molar-refractivity contribution in [1.82, 2.24) is 0 Å². The van der Waals surface area contributed by atoms with E-state index in [9.17, 15) is 0 Å². The van der Waals surface area contributed by atoms with Crippen molar-refractivity contribution in [1.29, 1.82) is 5.41 Å². The van der Waals surface area contributed by atoms with Gasteiger partial charge in [0.2, 0.25) is 0 Å². The standard InChI is InChI=1S/C12H17BrN2O/c1-4-10(12(14)15)16-9-5-7(2)11(13)8(3)6-9/h5-6,10H,4H2,1-3H3,(H3,14,15). The van der Waals surface area contributed by atoms with E-state index in [1.54, 1.807) is 0 Å². The molecule has 0 aromatic heterocycles. The lowest BCUT2D eigenvalue weighted by Gasteiger charge is -2.17. The van der Waals surface area contributed by atoms with Gasteiger partial charge in [0.25, 0.3) is 0 Å². The Morgan fingerprint density at radius 1 is 1.44 bits per heavy atom. The number of rotatable bonds is 4. The lowest BCUT2D eigenvalue weighted by molar-refractivity contribution is 0.260. The highest BCUT2D eigenvalue weighted by molar-refractivity contribution is 9.10. The van der Waals surface area contributed by atoms with Crippen molar-refractivity contribution in [3.8, 4) is 5.75 Å². The van der Waals surface area contributed by atoms with Crippen LogP contribution in [0.1, 0.15) is 24.5 Å². The second-order valence-electron chi connectivity index (χ2n) is 3.84. The van der Waals surface area contributed by atoms with Gasteiger partial charge in [-0.15, -0.1) is 0 Å². The van der Waals surface area contributed by atoms with Gasteiger partial charge in [0.1, 0.15) is 11.6 Å². The molecule has 4 heteroatoms. The summed E-state index contributed by atoms with van der Waals surface area (Å²) in [5.74, 6) is 0.834. The Morgan fingerprint density at radius 2 is 1.94 bits per heavy atom. The topological polar surface area (TPSA) is 59.1 Å².